The minimum atomic E-state index is -0.567. The largest absolute Gasteiger partial charge is 0.469 e. The molecule has 1 aromatic heterocycles. The molecule has 2 aliphatic carbocycles. The maximum Gasteiger partial charge on any atom is 0.312 e. The van der Waals surface area contributed by atoms with Gasteiger partial charge in [-0.1, -0.05) is 61.3 Å². The summed E-state index contributed by atoms with van der Waals surface area (Å²) >= 11 is 3.86. The van der Waals surface area contributed by atoms with Crippen LogP contribution < -0.4 is 0 Å². The summed E-state index contributed by atoms with van der Waals surface area (Å²) in [4.78, 5) is 17.0. The third kappa shape index (κ3) is 2.73. The second-order valence-electron chi connectivity index (χ2n) is 10.1. The van der Waals surface area contributed by atoms with Crippen LogP contribution in [0.15, 0.2) is 40.9 Å². The first kappa shape index (κ1) is 20.8. The van der Waals surface area contributed by atoms with Gasteiger partial charge in [-0.3, -0.25) is 4.79 Å². The molecule has 1 fully saturated rings. The molecule has 3 nitrogen and oxygen atoms in total. The Morgan fingerprint density at radius 3 is 2.65 bits per heavy atom. The molecule has 0 bridgehead atoms. The number of aromatic nitrogens is 1. The van der Waals surface area contributed by atoms with Gasteiger partial charge in [0.25, 0.3) is 0 Å². The number of para-hydroxylation sites is 1. The SMILES string of the molecule is COC(=O)[C@@]1(C)CCC[C@]2(C)c3cc(Br)c(C(C)C)cc3-c3[nH]c4ccccc4c3[C@H]12. The third-order valence-corrected chi connectivity index (χ3v) is 8.68. The highest BCUT2D eigenvalue weighted by atomic mass is 79.9. The lowest BCUT2D eigenvalue weighted by molar-refractivity contribution is -0.157. The topological polar surface area (TPSA) is 42.1 Å². The number of hydrogen-bond acceptors (Lipinski definition) is 2. The molecule has 1 saturated carbocycles. The summed E-state index contributed by atoms with van der Waals surface area (Å²) in [5.41, 5.74) is 6.81. The number of H-pyrrole nitrogens is 1. The number of carbonyl (C=O) groups excluding carboxylic acids is 1. The molecule has 0 amide bonds. The van der Waals surface area contributed by atoms with Crippen LogP contribution in [0.3, 0.4) is 0 Å². The van der Waals surface area contributed by atoms with Gasteiger partial charge in [-0.25, -0.2) is 0 Å². The van der Waals surface area contributed by atoms with Crippen molar-refractivity contribution >= 4 is 32.8 Å². The summed E-state index contributed by atoms with van der Waals surface area (Å²) in [5, 5.41) is 1.23. The van der Waals surface area contributed by atoms with Crippen LogP contribution in [0.1, 0.15) is 75.5 Å². The predicted octanol–water partition coefficient (Wildman–Crippen LogP) is 7.44. The Kier molecular flexibility index (Phi) is 4.68. The molecule has 2 aromatic carbocycles. The number of hydrogen-bond donors (Lipinski definition) is 1. The molecule has 0 aliphatic heterocycles. The number of ether oxygens (including phenoxy) is 1. The summed E-state index contributed by atoms with van der Waals surface area (Å²) in [6.45, 7) is 8.96. The Morgan fingerprint density at radius 1 is 1.19 bits per heavy atom. The fraction of sp³-hybridized carbons (Fsp3) is 0.444. The first-order valence-corrected chi connectivity index (χ1v) is 12.0. The van der Waals surface area contributed by atoms with Gasteiger partial charge < -0.3 is 9.72 Å². The van der Waals surface area contributed by atoms with Crippen LogP contribution in [-0.4, -0.2) is 18.1 Å². The van der Waals surface area contributed by atoms with E-state index in [0.717, 1.165) is 29.3 Å². The Morgan fingerprint density at radius 2 is 1.94 bits per heavy atom. The molecule has 162 valence electrons. The number of rotatable bonds is 2. The van der Waals surface area contributed by atoms with E-state index in [1.165, 1.54) is 40.4 Å². The number of carbonyl (C=O) groups is 1. The number of aromatic amines is 1. The van der Waals surface area contributed by atoms with Crippen LogP contribution in [-0.2, 0) is 14.9 Å². The van der Waals surface area contributed by atoms with E-state index in [0.29, 0.717) is 5.92 Å². The highest BCUT2D eigenvalue weighted by molar-refractivity contribution is 9.10. The van der Waals surface area contributed by atoms with E-state index in [9.17, 15) is 4.79 Å². The molecule has 0 unspecified atom stereocenters. The van der Waals surface area contributed by atoms with Gasteiger partial charge in [0.15, 0.2) is 0 Å². The molecule has 31 heavy (non-hydrogen) atoms. The number of halogens is 1. The van der Waals surface area contributed by atoms with E-state index in [1.807, 2.05) is 0 Å². The minimum Gasteiger partial charge on any atom is -0.469 e. The predicted molar refractivity (Wildman–Crippen MR) is 130 cm³/mol. The minimum absolute atomic E-state index is 0.0525. The van der Waals surface area contributed by atoms with E-state index in [4.69, 9.17) is 4.74 Å². The van der Waals surface area contributed by atoms with Crippen molar-refractivity contribution in [1.29, 1.82) is 0 Å². The maximum atomic E-state index is 13.2. The smallest absolute Gasteiger partial charge is 0.312 e. The van der Waals surface area contributed by atoms with Crippen molar-refractivity contribution in [3.63, 3.8) is 0 Å². The maximum absolute atomic E-state index is 13.2. The van der Waals surface area contributed by atoms with Gasteiger partial charge in [-0.2, -0.15) is 0 Å². The zero-order valence-electron chi connectivity index (χ0n) is 18.9. The summed E-state index contributed by atoms with van der Waals surface area (Å²) in [6, 6.07) is 13.2. The zero-order chi connectivity index (χ0) is 22.1. The lowest BCUT2D eigenvalue weighted by Crippen LogP contribution is -2.50. The average Bonchev–Trinajstić information content (AvgIpc) is 3.12. The third-order valence-electron chi connectivity index (χ3n) is 8.00. The van der Waals surface area contributed by atoms with E-state index in [2.05, 4.69) is 85.0 Å². The fourth-order valence-electron chi connectivity index (χ4n) is 6.58. The zero-order valence-corrected chi connectivity index (χ0v) is 20.5. The number of methoxy groups -OCH3 is 1. The Hall–Kier alpha value is -2.07. The number of esters is 1. The molecule has 5 rings (SSSR count). The van der Waals surface area contributed by atoms with Gasteiger partial charge in [0.05, 0.1) is 18.2 Å². The highest BCUT2D eigenvalue weighted by Gasteiger charge is 2.58. The fourth-order valence-corrected chi connectivity index (χ4v) is 7.38. The van der Waals surface area contributed by atoms with E-state index in [-0.39, 0.29) is 17.3 Å². The average molecular weight is 480 g/mol. The van der Waals surface area contributed by atoms with Crippen LogP contribution in [0.25, 0.3) is 22.2 Å². The van der Waals surface area contributed by atoms with Gasteiger partial charge in [0.1, 0.15) is 0 Å². The van der Waals surface area contributed by atoms with Gasteiger partial charge in [-0.05, 0) is 60.6 Å². The van der Waals surface area contributed by atoms with Crippen molar-refractivity contribution in [1.82, 2.24) is 4.98 Å². The Bertz CT molecular complexity index is 1210. The molecule has 1 heterocycles. The Labute approximate surface area is 192 Å². The first-order chi connectivity index (χ1) is 14.7. The standard InChI is InChI=1S/C27H30BrNO2/c1-15(2)17-13-18-19(14-20(17)28)26(3)11-8-12-27(4,25(30)31-5)24(26)22-16-9-6-7-10-21(16)29-23(18)22/h6-7,9-10,13-15,24,29H,8,11-12H2,1-5H3/t24-,26+,27-/m0/s1. The summed E-state index contributed by atoms with van der Waals surface area (Å²) in [6.07, 6.45) is 2.92. The van der Waals surface area contributed by atoms with E-state index >= 15 is 0 Å². The van der Waals surface area contributed by atoms with Gasteiger partial charge >= 0.3 is 5.97 Å². The van der Waals surface area contributed by atoms with Crippen LogP contribution >= 0.6 is 15.9 Å². The monoisotopic (exact) mass is 479 g/mol. The van der Waals surface area contributed by atoms with Crippen molar-refractivity contribution in [2.24, 2.45) is 5.41 Å². The second kappa shape index (κ2) is 6.96. The molecule has 0 radical (unpaired) electrons. The molecule has 3 aromatic rings. The van der Waals surface area contributed by atoms with Crippen LogP contribution in [0.5, 0.6) is 0 Å². The lowest BCUT2D eigenvalue weighted by atomic mass is 9.49. The second-order valence-corrected chi connectivity index (χ2v) is 11.0. The molecule has 1 N–H and O–H groups in total. The summed E-state index contributed by atoms with van der Waals surface area (Å²) in [7, 11) is 1.53. The van der Waals surface area contributed by atoms with Gasteiger partial charge in [0, 0.05) is 32.3 Å². The molecule has 0 saturated heterocycles. The number of nitrogens with one attached hydrogen (secondary N) is 1. The quantitative estimate of drug-likeness (QED) is 0.388. The van der Waals surface area contributed by atoms with Gasteiger partial charge in [-0.15, -0.1) is 0 Å². The van der Waals surface area contributed by atoms with E-state index < -0.39 is 5.41 Å². The first-order valence-electron chi connectivity index (χ1n) is 11.3. The van der Waals surface area contributed by atoms with Crippen LogP contribution in [0.4, 0.5) is 0 Å². The van der Waals surface area contributed by atoms with E-state index in [1.54, 1.807) is 0 Å². The van der Waals surface area contributed by atoms with Crippen molar-refractivity contribution in [3.05, 3.63) is 57.6 Å². The normalized spacial score (nSPS) is 27.0. The van der Waals surface area contributed by atoms with Crippen molar-refractivity contribution in [2.75, 3.05) is 7.11 Å². The van der Waals surface area contributed by atoms with Gasteiger partial charge in [0.2, 0.25) is 0 Å². The molecule has 4 heteroatoms. The summed E-state index contributed by atoms with van der Waals surface area (Å²) < 4.78 is 6.55. The van der Waals surface area contributed by atoms with Crippen molar-refractivity contribution < 1.29 is 9.53 Å². The summed E-state index contributed by atoms with van der Waals surface area (Å²) in [5.74, 6) is 0.377. The molecular weight excluding hydrogens is 450 g/mol. The van der Waals surface area contributed by atoms with Crippen molar-refractivity contribution in [2.45, 2.75) is 64.2 Å². The highest BCUT2D eigenvalue weighted by Crippen LogP contribution is 2.64. The molecule has 3 atom stereocenters. The molecule has 0 spiro atoms. The van der Waals surface area contributed by atoms with Crippen LogP contribution in [0.2, 0.25) is 0 Å². The number of benzene rings is 2. The van der Waals surface area contributed by atoms with Crippen LogP contribution in [0, 0.1) is 5.41 Å². The van der Waals surface area contributed by atoms with Crippen molar-refractivity contribution in [3.8, 4) is 11.3 Å². The molecule has 2 aliphatic rings. The Balaban J connectivity index is 1.91. The molecular formula is C27H30BrNO2. The number of fused-ring (bicyclic) bond motifs is 8. The lowest BCUT2D eigenvalue weighted by Gasteiger charge is -2.54.